The molecule has 2 saturated carbocycles. The Morgan fingerprint density at radius 2 is 2.05 bits per heavy atom. The largest absolute Gasteiger partial charge is 0.481 e. The van der Waals surface area contributed by atoms with Gasteiger partial charge in [0, 0.05) is 11.7 Å². The first-order chi connectivity index (χ1) is 10.0. The second-order valence-electron chi connectivity index (χ2n) is 6.01. The van der Waals surface area contributed by atoms with Crippen LogP contribution in [-0.4, -0.2) is 28.1 Å². The van der Waals surface area contributed by atoms with Gasteiger partial charge in [0.15, 0.2) is 0 Å². The van der Waals surface area contributed by atoms with Crippen molar-refractivity contribution in [2.75, 3.05) is 5.32 Å². The van der Waals surface area contributed by atoms with Crippen LogP contribution >= 0.6 is 0 Å². The van der Waals surface area contributed by atoms with Crippen LogP contribution in [0.2, 0.25) is 0 Å². The van der Waals surface area contributed by atoms with Gasteiger partial charge >= 0.3 is 12.0 Å². The summed E-state index contributed by atoms with van der Waals surface area (Å²) < 4.78 is 0. The molecule has 1 heterocycles. The van der Waals surface area contributed by atoms with Gasteiger partial charge in [-0.25, -0.2) is 4.79 Å². The van der Waals surface area contributed by atoms with Gasteiger partial charge in [-0.15, -0.1) is 0 Å². The quantitative estimate of drug-likeness (QED) is 0.793. The fourth-order valence-corrected chi connectivity index (χ4v) is 3.71. The summed E-state index contributed by atoms with van der Waals surface area (Å²) in [6, 6.07) is 2.97. The first-order valence-electron chi connectivity index (χ1n) is 7.27. The lowest BCUT2D eigenvalue weighted by molar-refractivity contribution is -0.144. The predicted octanol–water partition coefficient (Wildman–Crippen LogP) is 2.01. The molecule has 112 valence electrons. The van der Waals surface area contributed by atoms with Gasteiger partial charge in [0.05, 0.1) is 17.8 Å². The number of rotatable bonds is 3. The van der Waals surface area contributed by atoms with Gasteiger partial charge in [0.1, 0.15) is 0 Å². The minimum Gasteiger partial charge on any atom is -0.481 e. The number of carboxylic acid groups (broad SMARTS) is 1. The maximum absolute atomic E-state index is 12.1. The number of anilines is 1. The summed E-state index contributed by atoms with van der Waals surface area (Å²) in [6.07, 6.45) is 4.47. The Labute approximate surface area is 123 Å². The van der Waals surface area contributed by atoms with Crippen LogP contribution in [0.25, 0.3) is 0 Å². The van der Waals surface area contributed by atoms with E-state index >= 15 is 0 Å². The SMILES string of the molecule is Cc1ccc(NC(=O)NC2C3CCC(C3)C2C(=O)O)cn1. The van der Waals surface area contributed by atoms with E-state index in [4.69, 9.17) is 0 Å². The van der Waals surface area contributed by atoms with E-state index in [0.29, 0.717) is 5.69 Å². The van der Waals surface area contributed by atoms with Crippen molar-refractivity contribution in [2.45, 2.75) is 32.2 Å². The molecule has 2 amide bonds. The van der Waals surface area contributed by atoms with E-state index in [2.05, 4.69) is 15.6 Å². The number of carboxylic acids is 1. The molecule has 2 fully saturated rings. The van der Waals surface area contributed by atoms with Crippen molar-refractivity contribution in [1.29, 1.82) is 0 Å². The maximum Gasteiger partial charge on any atom is 0.319 e. The zero-order chi connectivity index (χ0) is 15.0. The first-order valence-corrected chi connectivity index (χ1v) is 7.27. The van der Waals surface area contributed by atoms with E-state index in [-0.39, 0.29) is 23.9 Å². The number of hydrogen-bond donors (Lipinski definition) is 3. The number of nitrogens with zero attached hydrogens (tertiary/aromatic N) is 1. The van der Waals surface area contributed by atoms with Gasteiger partial charge in [-0.3, -0.25) is 9.78 Å². The molecule has 21 heavy (non-hydrogen) atoms. The van der Waals surface area contributed by atoms with Crippen LogP contribution in [0, 0.1) is 24.7 Å². The standard InChI is InChI=1S/C15H19N3O3/c1-8-2-5-11(7-16-8)17-15(21)18-13-10-4-3-9(6-10)12(13)14(19)20/h2,5,7,9-10,12-13H,3-4,6H2,1H3,(H,19,20)(H2,17,18,21). The summed E-state index contributed by atoms with van der Waals surface area (Å²) in [5.74, 6) is -0.757. The van der Waals surface area contributed by atoms with Crippen LogP contribution in [0.5, 0.6) is 0 Å². The predicted molar refractivity (Wildman–Crippen MR) is 76.9 cm³/mol. The highest BCUT2D eigenvalue weighted by Gasteiger charge is 2.51. The lowest BCUT2D eigenvalue weighted by Gasteiger charge is -2.28. The third-order valence-corrected chi connectivity index (χ3v) is 4.67. The van der Waals surface area contributed by atoms with Crippen molar-refractivity contribution in [3.63, 3.8) is 0 Å². The smallest absolute Gasteiger partial charge is 0.319 e. The van der Waals surface area contributed by atoms with Crippen LogP contribution < -0.4 is 10.6 Å². The number of aliphatic carboxylic acids is 1. The van der Waals surface area contributed by atoms with Crippen LogP contribution in [0.3, 0.4) is 0 Å². The van der Waals surface area contributed by atoms with E-state index in [9.17, 15) is 14.7 Å². The molecule has 1 aromatic rings. The highest BCUT2D eigenvalue weighted by Crippen LogP contribution is 2.48. The molecule has 1 aromatic heterocycles. The minimum absolute atomic E-state index is 0.207. The normalized spacial score (nSPS) is 30.1. The third kappa shape index (κ3) is 2.70. The monoisotopic (exact) mass is 289 g/mol. The fourth-order valence-electron chi connectivity index (χ4n) is 3.71. The van der Waals surface area contributed by atoms with Crippen molar-refractivity contribution in [2.24, 2.45) is 17.8 Å². The van der Waals surface area contributed by atoms with Gasteiger partial charge in [-0.2, -0.15) is 0 Å². The Morgan fingerprint density at radius 1 is 1.29 bits per heavy atom. The van der Waals surface area contributed by atoms with Gasteiger partial charge in [0.25, 0.3) is 0 Å². The zero-order valence-corrected chi connectivity index (χ0v) is 11.9. The van der Waals surface area contributed by atoms with Crippen molar-refractivity contribution in [3.8, 4) is 0 Å². The van der Waals surface area contributed by atoms with E-state index in [0.717, 1.165) is 25.0 Å². The summed E-state index contributed by atoms with van der Waals surface area (Å²) in [7, 11) is 0. The number of carbonyl (C=O) groups is 2. The minimum atomic E-state index is -0.801. The van der Waals surface area contributed by atoms with Gasteiger partial charge in [-0.1, -0.05) is 0 Å². The average molecular weight is 289 g/mol. The molecule has 6 nitrogen and oxygen atoms in total. The Kier molecular flexibility index (Phi) is 3.53. The summed E-state index contributed by atoms with van der Waals surface area (Å²) in [5, 5.41) is 14.9. The van der Waals surface area contributed by atoms with Gasteiger partial charge in [-0.05, 0) is 50.2 Å². The molecule has 2 bridgehead atoms. The van der Waals surface area contributed by atoms with E-state index in [1.165, 1.54) is 0 Å². The van der Waals surface area contributed by atoms with Gasteiger partial charge in [0.2, 0.25) is 0 Å². The molecule has 4 unspecified atom stereocenters. The molecular formula is C15H19N3O3. The summed E-state index contributed by atoms with van der Waals surface area (Å²) >= 11 is 0. The fraction of sp³-hybridized carbons (Fsp3) is 0.533. The lowest BCUT2D eigenvalue weighted by Crippen LogP contribution is -2.48. The highest BCUT2D eigenvalue weighted by atomic mass is 16.4. The molecule has 6 heteroatoms. The molecule has 4 atom stereocenters. The van der Waals surface area contributed by atoms with E-state index in [1.54, 1.807) is 12.3 Å². The van der Waals surface area contributed by atoms with Crippen molar-refractivity contribution in [3.05, 3.63) is 24.0 Å². The van der Waals surface area contributed by atoms with E-state index in [1.807, 2.05) is 13.0 Å². The molecule has 0 aromatic carbocycles. The number of amides is 2. The molecule has 0 saturated heterocycles. The number of pyridine rings is 1. The van der Waals surface area contributed by atoms with E-state index < -0.39 is 11.9 Å². The number of hydrogen-bond acceptors (Lipinski definition) is 3. The van der Waals surface area contributed by atoms with Crippen LogP contribution in [-0.2, 0) is 4.79 Å². The Morgan fingerprint density at radius 3 is 2.71 bits per heavy atom. The second kappa shape index (κ2) is 5.35. The Bertz CT molecular complexity index is 558. The highest BCUT2D eigenvalue weighted by molar-refractivity contribution is 5.89. The van der Waals surface area contributed by atoms with Crippen LogP contribution in [0.4, 0.5) is 10.5 Å². The molecule has 3 rings (SSSR count). The number of fused-ring (bicyclic) bond motifs is 2. The molecule has 0 radical (unpaired) electrons. The summed E-state index contributed by atoms with van der Waals surface area (Å²) in [4.78, 5) is 27.6. The molecular weight excluding hydrogens is 270 g/mol. The first kappa shape index (κ1) is 13.9. The number of nitrogens with one attached hydrogen (secondary N) is 2. The Balaban J connectivity index is 1.64. The molecule has 0 aliphatic heterocycles. The number of aryl methyl sites for hydroxylation is 1. The van der Waals surface area contributed by atoms with Crippen molar-refractivity contribution in [1.82, 2.24) is 10.3 Å². The topological polar surface area (TPSA) is 91.3 Å². The molecule has 0 spiro atoms. The van der Waals surface area contributed by atoms with Crippen molar-refractivity contribution < 1.29 is 14.7 Å². The zero-order valence-electron chi connectivity index (χ0n) is 11.9. The molecule has 3 N–H and O–H groups in total. The second-order valence-corrected chi connectivity index (χ2v) is 6.01. The number of aromatic nitrogens is 1. The van der Waals surface area contributed by atoms with Crippen molar-refractivity contribution >= 4 is 17.7 Å². The Hall–Kier alpha value is -2.11. The van der Waals surface area contributed by atoms with Crippen LogP contribution in [0.15, 0.2) is 18.3 Å². The summed E-state index contributed by atoms with van der Waals surface area (Å²) in [6.45, 7) is 1.87. The average Bonchev–Trinajstić information content (AvgIpc) is 3.02. The molecule has 2 aliphatic carbocycles. The van der Waals surface area contributed by atoms with Gasteiger partial charge < -0.3 is 15.7 Å². The lowest BCUT2D eigenvalue weighted by atomic mass is 9.84. The number of urea groups is 1. The molecule has 2 aliphatic rings. The third-order valence-electron chi connectivity index (χ3n) is 4.67. The summed E-state index contributed by atoms with van der Waals surface area (Å²) in [5.41, 5.74) is 1.48. The van der Waals surface area contributed by atoms with Crippen LogP contribution in [0.1, 0.15) is 25.0 Å². The number of carbonyl (C=O) groups excluding carboxylic acids is 1. The maximum atomic E-state index is 12.1.